The molecule has 2 rings (SSSR count). The van der Waals surface area contributed by atoms with Gasteiger partial charge in [-0.2, -0.15) is 0 Å². The van der Waals surface area contributed by atoms with E-state index < -0.39 is 11.7 Å². The molecule has 17 heavy (non-hydrogen) atoms. The summed E-state index contributed by atoms with van der Waals surface area (Å²) in [6, 6.07) is 7.36. The molecule has 0 spiro atoms. The van der Waals surface area contributed by atoms with Crippen LogP contribution in [-0.4, -0.2) is 20.6 Å². The number of carbonyl (C=O) groups is 1. The van der Waals surface area contributed by atoms with Gasteiger partial charge in [0.2, 0.25) is 0 Å². The molecular weight excluding hydrogens is 288 g/mol. The minimum Gasteiger partial charge on any atom is -0.477 e. The number of aromatic amines is 1. The summed E-state index contributed by atoms with van der Waals surface area (Å²) in [5.74, 6) is -1.13. The van der Waals surface area contributed by atoms with Crippen LogP contribution in [0.5, 0.6) is 0 Å². The van der Waals surface area contributed by atoms with E-state index in [1.54, 1.807) is 0 Å². The molecule has 2 N–H and O–H groups in total. The van der Waals surface area contributed by atoms with Crippen molar-refractivity contribution in [1.29, 1.82) is 0 Å². The highest BCUT2D eigenvalue weighted by molar-refractivity contribution is 9.10. The number of aromatic carboxylic acids is 1. The molecular formula is C11H9BrN2O3. The number of H-pyrrole nitrogens is 1. The quantitative estimate of drug-likeness (QED) is 0.905. The first-order valence-electron chi connectivity index (χ1n) is 4.84. The maximum Gasteiger partial charge on any atom is 0.354 e. The second-order valence-corrected chi connectivity index (χ2v) is 4.42. The van der Waals surface area contributed by atoms with Crippen molar-refractivity contribution in [2.24, 2.45) is 0 Å². The number of rotatable bonds is 3. The minimum atomic E-state index is -1.13. The molecule has 0 radical (unpaired) electrons. The summed E-state index contributed by atoms with van der Waals surface area (Å²) in [6.07, 6.45) is 1.20. The van der Waals surface area contributed by atoms with Gasteiger partial charge < -0.3 is 10.1 Å². The number of benzene rings is 1. The van der Waals surface area contributed by atoms with Crippen molar-refractivity contribution in [2.75, 3.05) is 0 Å². The van der Waals surface area contributed by atoms with Crippen molar-refractivity contribution in [1.82, 2.24) is 9.55 Å². The Hall–Kier alpha value is -1.82. The van der Waals surface area contributed by atoms with Crippen molar-refractivity contribution in [2.45, 2.75) is 6.54 Å². The molecule has 0 saturated heterocycles. The van der Waals surface area contributed by atoms with Gasteiger partial charge in [-0.3, -0.25) is 4.57 Å². The summed E-state index contributed by atoms with van der Waals surface area (Å²) in [5.41, 5.74) is 0.376. The van der Waals surface area contributed by atoms with Gasteiger partial charge >= 0.3 is 11.7 Å². The first-order valence-corrected chi connectivity index (χ1v) is 5.63. The van der Waals surface area contributed by atoms with Gasteiger partial charge in [0.15, 0.2) is 0 Å². The summed E-state index contributed by atoms with van der Waals surface area (Å²) in [4.78, 5) is 24.7. The molecule has 6 heteroatoms. The molecule has 2 aromatic rings. The third-order valence-corrected chi connectivity index (χ3v) is 2.81. The van der Waals surface area contributed by atoms with E-state index in [9.17, 15) is 9.59 Å². The van der Waals surface area contributed by atoms with E-state index in [1.165, 1.54) is 10.8 Å². The number of hydrogen-bond donors (Lipinski definition) is 2. The van der Waals surface area contributed by atoms with Crippen LogP contribution in [0.2, 0.25) is 0 Å². The molecule has 1 heterocycles. The third-order valence-electron chi connectivity index (χ3n) is 2.32. The minimum absolute atomic E-state index is 0.0463. The highest BCUT2D eigenvalue weighted by Gasteiger charge is 2.12. The largest absolute Gasteiger partial charge is 0.477 e. The first-order chi connectivity index (χ1) is 8.08. The highest BCUT2D eigenvalue weighted by Crippen LogP contribution is 2.12. The van der Waals surface area contributed by atoms with Crippen LogP contribution in [0.15, 0.2) is 39.7 Å². The van der Waals surface area contributed by atoms with Gasteiger partial charge in [0.05, 0.1) is 6.54 Å². The van der Waals surface area contributed by atoms with Crippen LogP contribution in [0, 0.1) is 0 Å². The third kappa shape index (κ3) is 2.47. The van der Waals surface area contributed by atoms with E-state index in [-0.39, 0.29) is 12.2 Å². The van der Waals surface area contributed by atoms with E-state index in [1.807, 2.05) is 24.3 Å². The van der Waals surface area contributed by atoms with Gasteiger partial charge in [0.1, 0.15) is 5.69 Å². The van der Waals surface area contributed by atoms with Gasteiger partial charge in [-0.25, -0.2) is 9.59 Å². The molecule has 0 fully saturated rings. The molecule has 88 valence electrons. The number of halogens is 1. The van der Waals surface area contributed by atoms with Crippen molar-refractivity contribution < 1.29 is 9.90 Å². The lowest BCUT2D eigenvalue weighted by molar-refractivity contribution is 0.0685. The van der Waals surface area contributed by atoms with E-state index in [0.29, 0.717) is 0 Å². The fourth-order valence-corrected chi connectivity index (χ4v) is 1.99. The normalized spacial score (nSPS) is 10.4. The second kappa shape index (κ2) is 4.58. The second-order valence-electron chi connectivity index (χ2n) is 3.50. The molecule has 0 aliphatic heterocycles. The summed E-state index contributed by atoms with van der Waals surface area (Å²) < 4.78 is 2.07. The Morgan fingerprint density at radius 2 is 2.24 bits per heavy atom. The van der Waals surface area contributed by atoms with Crippen LogP contribution in [0.1, 0.15) is 16.1 Å². The van der Waals surface area contributed by atoms with Crippen molar-refractivity contribution >= 4 is 21.9 Å². The maximum atomic E-state index is 11.5. The van der Waals surface area contributed by atoms with Crippen molar-refractivity contribution in [3.8, 4) is 0 Å². The van der Waals surface area contributed by atoms with Crippen LogP contribution in [-0.2, 0) is 6.54 Å². The van der Waals surface area contributed by atoms with Crippen molar-refractivity contribution in [3.05, 3.63) is 56.7 Å². The Morgan fingerprint density at radius 3 is 2.88 bits per heavy atom. The van der Waals surface area contributed by atoms with Crippen LogP contribution in [0.25, 0.3) is 0 Å². The van der Waals surface area contributed by atoms with Gasteiger partial charge in [-0.05, 0) is 17.7 Å². The number of aromatic nitrogens is 2. The summed E-state index contributed by atoms with van der Waals surface area (Å²) in [7, 11) is 0. The van der Waals surface area contributed by atoms with Gasteiger partial charge in [-0.15, -0.1) is 0 Å². The Balaban J connectivity index is 2.39. The van der Waals surface area contributed by atoms with Crippen LogP contribution >= 0.6 is 15.9 Å². The number of hydrogen-bond acceptors (Lipinski definition) is 2. The Morgan fingerprint density at radius 1 is 1.47 bits per heavy atom. The van der Waals surface area contributed by atoms with Gasteiger partial charge in [-0.1, -0.05) is 28.1 Å². The smallest absolute Gasteiger partial charge is 0.354 e. The molecule has 0 unspecified atom stereocenters. The van der Waals surface area contributed by atoms with Gasteiger partial charge in [0, 0.05) is 10.7 Å². The molecule has 0 aliphatic rings. The molecule has 0 amide bonds. The van der Waals surface area contributed by atoms with Crippen LogP contribution in [0.4, 0.5) is 0 Å². The summed E-state index contributed by atoms with van der Waals surface area (Å²) >= 11 is 3.32. The van der Waals surface area contributed by atoms with E-state index in [0.717, 1.165) is 10.0 Å². The Kier molecular flexibility index (Phi) is 3.14. The lowest BCUT2D eigenvalue weighted by Crippen LogP contribution is -2.21. The molecule has 0 aliphatic carbocycles. The summed E-state index contributed by atoms with van der Waals surface area (Å²) in [5, 5.41) is 8.92. The molecule has 0 saturated carbocycles. The molecule has 1 aromatic heterocycles. The number of carboxylic acids is 1. The standard InChI is InChI=1S/C11H9BrN2O3/c12-8-3-1-2-7(4-8)6-14-9(10(15)16)5-13-11(14)17/h1-5H,6H2,(H,13,17)(H,15,16). The topological polar surface area (TPSA) is 75.1 Å². The van der Waals surface area contributed by atoms with E-state index >= 15 is 0 Å². The molecule has 1 aromatic carbocycles. The fourth-order valence-electron chi connectivity index (χ4n) is 1.55. The number of nitrogens with one attached hydrogen (secondary N) is 1. The molecule has 0 atom stereocenters. The fraction of sp³-hybridized carbons (Fsp3) is 0.0909. The van der Waals surface area contributed by atoms with E-state index in [2.05, 4.69) is 20.9 Å². The predicted octanol–water partition coefficient (Wildman–Crippen LogP) is 1.69. The first kappa shape index (κ1) is 11.7. The average Bonchev–Trinajstić information content (AvgIpc) is 2.61. The number of nitrogens with zero attached hydrogens (tertiary/aromatic N) is 1. The lowest BCUT2D eigenvalue weighted by Gasteiger charge is -2.04. The zero-order valence-electron chi connectivity index (χ0n) is 8.68. The van der Waals surface area contributed by atoms with Crippen LogP contribution < -0.4 is 5.69 Å². The zero-order chi connectivity index (χ0) is 12.4. The van der Waals surface area contributed by atoms with Gasteiger partial charge in [0.25, 0.3) is 0 Å². The Labute approximate surface area is 105 Å². The van der Waals surface area contributed by atoms with Crippen molar-refractivity contribution in [3.63, 3.8) is 0 Å². The maximum absolute atomic E-state index is 11.5. The Bertz CT molecular complexity index is 615. The van der Waals surface area contributed by atoms with E-state index in [4.69, 9.17) is 5.11 Å². The number of imidazole rings is 1. The molecule has 0 bridgehead atoms. The lowest BCUT2D eigenvalue weighted by atomic mass is 10.2. The highest BCUT2D eigenvalue weighted by atomic mass is 79.9. The number of carboxylic acid groups (broad SMARTS) is 1. The van der Waals surface area contributed by atoms with Crippen LogP contribution in [0.3, 0.4) is 0 Å². The summed E-state index contributed by atoms with van der Waals surface area (Å²) in [6.45, 7) is 0.226. The SMILES string of the molecule is O=C(O)c1c[nH]c(=O)n1Cc1cccc(Br)c1. The average molecular weight is 297 g/mol. The molecule has 5 nitrogen and oxygen atoms in total. The monoisotopic (exact) mass is 296 g/mol. The predicted molar refractivity (Wildman–Crippen MR) is 65.3 cm³/mol. The zero-order valence-corrected chi connectivity index (χ0v) is 10.3.